The SMILES string of the molecule is COC(=O)c1ccc(OC[C@H](O)Cn2c[n+](C)c3ccccc32)cc1. The van der Waals surface area contributed by atoms with Crippen molar-refractivity contribution in [2.45, 2.75) is 12.6 Å². The van der Waals surface area contributed by atoms with Crippen LogP contribution in [0.3, 0.4) is 0 Å². The van der Waals surface area contributed by atoms with E-state index in [4.69, 9.17) is 4.74 Å². The summed E-state index contributed by atoms with van der Waals surface area (Å²) in [6, 6.07) is 14.7. The third-order valence-electron chi connectivity index (χ3n) is 4.01. The van der Waals surface area contributed by atoms with Crippen LogP contribution in [-0.4, -0.2) is 35.5 Å². The lowest BCUT2D eigenvalue weighted by molar-refractivity contribution is -0.645. The van der Waals surface area contributed by atoms with Gasteiger partial charge in [-0.25, -0.2) is 13.9 Å². The van der Waals surface area contributed by atoms with E-state index in [2.05, 4.69) is 4.74 Å². The fourth-order valence-electron chi connectivity index (χ4n) is 2.76. The minimum atomic E-state index is -0.656. The number of rotatable bonds is 6. The van der Waals surface area contributed by atoms with Gasteiger partial charge in [0, 0.05) is 0 Å². The molecule has 1 aromatic heterocycles. The van der Waals surface area contributed by atoms with E-state index >= 15 is 0 Å². The molecule has 2 aromatic carbocycles. The molecule has 3 rings (SSSR count). The number of fused-ring (bicyclic) bond motifs is 1. The highest BCUT2D eigenvalue weighted by Gasteiger charge is 2.16. The van der Waals surface area contributed by atoms with Crippen molar-refractivity contribution in [1.29, 1.82) is 0 Å². The molecule has 0 spiro atoms. The molecule has 0 amide bonds. The maximum Gasteiger partial charge on any atom is 0.337 e. The summed E-state index contributed by atoms with van der Waals surface area (Å²) in [6.07, 6.45) is 1.30. The van der Waals surface area contributed by atoms with Crippen LogP contribution >= 0.6 is 0 Å². The van der Waals surface area contributed by atoms with Gasteiger partial charge in [0.15, 0.2) is 11.0 Å². The Morgan fingerprint density at radius 1 is 1.20 bits per heavy atom. The number of nitrogens with zero attached hydrogens (tertiary/aromatic N) is 2. The van der Waals surface area contributed by atoms with Gasteiger partial charge in [-0.05, 0) is 36.4 Å². The molecule has 0 saturated heterocycles. The largest absolute Gasteiger partial charge is 0.491 e. The van der Waals surface area contributed by atoms with Gasteiger partial charge in [-0.15, -0.1) is 0 Å². The minimum Gasteiger partial charge on any atom is -0.491 e. The monoisotopic (exact) mass is 341 g/mol. The summed E-state index contributed by atoms with van der Waals surface area (Å²) in [4.78, 5) is 11.4. The molecule has 1 atom stereocenters. The average Bonchev–Trinajstić information content (AvgIpc) is 2.96. The van der Waals surface area contributed by atoms with Crippen LogP contribution in [0, 0.1) is 0 Å². The van der Waals surface area contributed by atoms with Crippen LogP contribution in [0.4, 0.5) is 0 Å². The molecule has 0 bridgehead atoms. The van der Waals surface area contributed by atoms with Gasteiger partial charge in [0.05, 0.1) is 19.7 Å². The van der Waals surface area contributed by atoms with Gasteiger partial charge >= 0.3 is 5.97 Å². The summed E-state index contributed by atoms with van der Waals surface area (Å²) < 4.78 is 14.3. The van der Waals surface area contributed by atoms with Crippen molar-refractivity contribution in [2.24, 2.45) is 7.05 Å². The van der Waals surface area contributed by atoms with Crippen LogP contribution in [0.2, 0.25) is 0 Å². The lowest BCUT2D eigenvalue weighted by Gasteiger charge is -2.11. The number of hydrogen-bond donors (Lipinski definition) is 1. The first-order chi connectivity index (χ1) is 12.1. The number of imidazole rings is 1. The predicted octanol–water partition coefficient (Wildman–Crippen LogP) is 1.69. The molecule has 1 N–H and O–H groups in total. The maximum absolute atomic E-state index is 11.4. The van der Waals surface area contributed by atoms with E-state index in [-0.39, 0.29) is 12.6 Å². The lowest BCUT2D eigenvalue weighted by atomic mass is 10.2. The maximum atomic E-state index is 11.4. The van der Waals surface area contributed by atoms with Gasteiger partial charge in [-0.3, -0.25) is 0 Å². The summed E-state index contributed by atoms with van der Waals surface area (Å²) in [5.74, 6) is 0.202. The van der Waals surface area contributed by atoms with Crippen molar-refractivity contribution >= 4 is 17.0 Å². The second kappa shape index (κ2) is 7.36. The van der Waals surface area contributed by atoms with E-state index in [0.717, 1.165) is 11.0 Å². The molecule has 0 radical (unpaired) electrons. The van der Waals surface area contributed by atoms with Gasteiger partial charge in [-0.1, -0.05) is 12.1 Å². The van der Waals surface area contributed by atoms with Gasteiger partial charge in [0.25, 0.3) is 0 Å². The average molecular weight is 341 g/mol. The molecule has 0 saturated carbocycles. The highest BCUT2D eigenvalue weighted by atomic mass is 16.5. The summed E-state index contributed by atoms with van der Waals surface area (Å²) in [7, 11) is 3.32. The summed E-state index contributed by atoms with van der Waals surface area (Å²) in [5.41, 5.74) is 2.63. The van der Waals surface area contributed by atoms with Crippen molar-refractivity contribution in [1.82, 2.24) is 4.57 Å². The molecule has 25 heavy (non-hydrogen) atoms. The van der Waals surface area contributed by atoms with E-state index < -0.39 is 6.10 Å². The van der Waals surface area contributed by atoms with Crippen molar-refractivity contribution in [3.8, 4) is 5.75 Å². The highest BCUT2D eigenvalue weighted by Crippen LogP contribution is 2.14. The Balaban J connectivity index is 1.61. The van der Waals surface area contributed by atoms with Crippen LogP contribution < -0.4 is 9.30 Å². The molecule has 0 fully saturated rings. The molecule has 6 heteroatoms. The number of para-hydroxylation sites is 2. The van der Waals surface area contributed by atoms with E-state index in [9.17, 15) is 9.90 Å². The van der Waals surface area contributed by atoms with E-state index in [1.807, 2.05) is 46.8 Å². The Morgan fingerprint density at radius 2 is 1.92 bits per heavy atom. The summed E-state index contributed by atoms with van der Waals surface area (Å²) in [6.45, 7) is 0.593. The zero-order valence-electron chi connectivity index (χ0n) is 14.3. The third kappa shape index (κ3) is 3.80. The molecule has 1 heterocycles. The first-order valence-corrected chi connectivity index (χ1v) is 8.01. The lowest BCUT2D eigenvalue weighted by Crippen LogP contribution is -2.27. The van der Waals surface area contributed by atoms with Gasteiger partial charge in [0.1, 0.15) is 25.0 Å². The zero-order valence-corrected chi connectivity index (χ0v) is 14.3. The molecule has 130 valence electrons. The third-order valence-corrected chi connectivity index (χ3v) is 4.01. The van der Waals surface area contributed by atoms with Gasteiger partial charge < -0.3 is 14.6 Å². The minimum absolute atomic E-state index is 0.161. The Morgan fingerprint density at radius 3 is 2.64 bits per heavy atom. The number of carbonyl (C=O) groups is 1. The molecule has 0 aliphatic rings. The molecular formula is C19H21N2O4+. The molecule has 0 aliphatic heterocycles. The number of benzene rings is 2. The standard InChI is InChI=1S/C19H21N2O4/c1-20-13-21(18-6-4-3-5-17(18)20)11-15(22)12-25-16-9-7-14(8-10-16)19(23)24-2/h3-10,13,15,22H,11-12H2,1-2H3/q+1/t15-/m1/s1. The molecule has 3 aromatic rings. The number of methoxy groups -OCH3 is 1. The van der Waals surface area contributed by atoms with Crippen LogP contribution in [0.15, 0.2) is 54.9 Å². The van der Waals surface area contributed by atoms with Gasteiger partial charge in [0.2, 0.25) is 6.33 Å². The molecular weight excluding hydrogens is 320 g/mol. The smallest absolute Gasteiger partial charge is 0.337 e. The quantitative estimate of drug-likeness (QED) is 0.547. The van der Waals surface area contributed by atoms with Crippen LogP contribution in [-0.2, 0) is 18.3 Å². The Hall–Kier alpha value is -2.86. The molecule has 6 nitrogen and oxygen atoms in total. The highest BCUT2D eigenvalue weighted by molar-refractivity contribution is 5.89. The van der Waals surface area contributed by atoms with Crippen LogP contribution in [0.25, 0.3) is 11.0 Å². The number of aromatic nitrogens is 2. The topological polar surface area (TPSA) is 64.6 Å². The number of carbonyl (C=O) groups excluding carboxylic acids is 1. The number of ether oxygens (including phenoxy) is 2. The predicted molar refractivity (Wildman–Crippen MR) is 92.4 cm³/mol. The zero-order chi connectivity index (χ0) is 17.8. The Bertz CT molecular complexity index is 871. The van der Waals surface area contributed by atoms with Crippen molar-refractivity contribution in [3.05, 3.63) is 60.4 Å². The van der Waals surface area contributed by atoms with Crippen molar-refractivity contribution in [3.63, 3.8) is 0 Å². The number of aliphatic hydroxyl groups excluding tert-OH is 1. The second-order valence-corrected chi connectivity index (χ2v) is 5.85. The molecule has 0 unspecified atom stereocenters. The summed E-state index contributed by atoms with van der Waals surface area (Å²) >= 11 is 0. The fourth-order valence-corrected chi connectivity index (χ4v) is 2.76. The fraction of sp³-hybridized carbons (Fsp3) is 0.263. The second-order valence-electron chi connectivity index (χ2n) is 5.85. The molecule has 0 aliphatic carbocycles. The summed E-state index contributed by atoms with van der Waals surface area (Å²) in [5, 5.41) is 10.3. The van der Waals surface area contributed by atoms with Crippen molar-refractivity contribution in [2.75, 3.05) is 13.7 Å². The van der Waals surface area contributed by atoms with E-state index in [0.29, 0.717) is 17.9 Å². The van der Waals surface area contributed by atoms with E-state index in [1.54, 1.807) is 24.3 Å². The first-order valence-electron chi connectivity index (χ1n) is 8.01. The van der Waals surface area contributed by atoms with Gasteiger partial charge in [-0.2, -0.15) is 0 Å². The first kappa shape index (κ1) is 17.0. The van der Waals surface area contributed by atoms with Crippen LogP contribution in [0.1, 0.15) is 10.4 Å². The number of esters is 1. The van der Waals surface area contributed by atoms with Crippen LogP contribution in [0.5, 0.6) is 5.75 Å². The number of aliphatic hydroxyl groups is 1. The van der Waals surface area contributed by atoms with E-state index in [1.165, 1.54) is 7.11 Å². The Kier molecular flexibility index (Phi) is 5.00. The van der Waals surface area contributed by atoms with Crippen molar-refractivity contribution < 1.29 is 23.9 Å². The normalized spacial score (nSPS) is 12.1. The Labute approximate surface area is 145 Å². The number of aryl methyl sites for hydroxylation is 1. The number of hydrogen-bond acceptors (Lipinski definition) is 4.